The number of amides is 2. The van der Waals surface area contributed by atoms with Gasteiger partial charge in [0, 0.05) is 50.4 Å². The molecule has 2 amide bonds. The maximum atomic E-state index is 12.5. The van der Waals surface area contributed by atoms with Crippen molar-refractivity contribution in [3.63, 3.8) is 0 Å². The Balaban J connectivity index is 1.23. The summed E-state index contributed by atoms with van der Waals surface area (Å²) in [7, 11) is 0. The highest BCUT2D eigenvalue weighted by Crippen LogP contribution is 2.59. The Morgan fingerprint density at radius 1 is 1.33 bits per heavy atom. The van der Waals surface area contributed by atoms with Crippen LogP contribution in [0, 0.1) is 17.3 Å². The number of carbonyl (C=O) groups excluding carboxylic acids is 2. The van der Waals surface area contributed by atoms with E-state index in [1.165, 1.54) is 12.0 Å². The standard InChI is InChI=1S/C22H29N3O2/c1-15(2)9-20(26)25-7-4-22(5-8-25)12-19(22)14-24-21(27)17-10-16-3-6-23-13-18(16)11-17/h3,6,11,13,15,19H,4-5,7-10,12,14H2,1-2H3,(H,24,27). The van der Waals surface area contributed by atoms with Gasteiger partial charge in [-0.25, -0.2) is 0 Å². The molecule has 5 heteroatoms. The Labute approximate surface area is 161 Å². The van der Waals surface area contributed by atoms with E-state index in [1.807, 2.05) is 23.2 Å². The van der Waals surface area contributed by atoms with E-state index >= 15 is 0 Å². The van der Waals surface area contributed by atoms with Crippen LogP contribution in [0.25, 0.3) is 6.08 Å². The van der Waals surface area contributed by atoms with Crippen LogP contribution in [-0.4, -0.2) is 41.3 Å². The van der Waals surface area contributed by atoms with Crippen LogP contribution in [0.2, 0.25) is 0 Å². The lowest BCUT2D eigenvalue weighted by molar-refractivity contribution is -0.133. The molecule has 27 heavy (non-hydrogen) atoms. The predicted molar refractivity (Wildman–Crippen MR) is 105 cm³/mol. The summed E-state index contributed by atoms with van der Waals surface area (Å²) >= 11 is 0. The van der Waals surface area contributed by atoms with Gasteiger partial charge in [-0.05, 0) is 59.8 Å². The molecule has 1 N–H and O–H groups in total. The smallest absolute Gasteiger partial charge is 0.247 e. The van der Waals surface area contributed by atoms with Gasteiger partial charge in [0.25, 0.3) is 0 Å². The minimum absolute atomic E-state index is 0.0535. The van der Waals surface area contributed by atoms with E-state index < -0.39 is 0 Å². The van der Waals surface area contributed by atoms with Crippen LogP contribution in [0.5, 0.6) is 0 Å². The molecule has 4 rings (SSSR count). The third-order valence-electron chi connectivity index (χ3n) is 6.51. The number of nitrogens with one attached hydrogen (secondary N) is 1. The van der Waals surface area contributed by atoms with Crippen LogP contribution in [0.3, 0.4) is 0 Å². The Morgan fingerprint density at radius 2 is 2.11 bits per heavy atom. The number of nitrogens with zero attached hydrogens (tertiary/aromatic N) is 2. The van der Waals surface area contributed by atoms with Crippen LogP contribution in [-0.2, 0) is 16.0 Å². The summed E-state index contributed by atoms with van der Waals surface area (Å²) in [6, 6.07) is 1.98. The monoisotopic (exact) mass is 367 g/mol. The lowest BCUT2D eigenvalue weighted by atomic mass is 9.90. The van der Waals surface area contributed by atoms with E-state index in [-0.39, 0.29) is 5.91 Å². The predicted octanol–water partition coefficient (Wildman–Crippen LogP) is 2.81. The topological polar surface area (TPSA) is 62.3 Å². The number of fused-ring (bicyclic) bond motifs is 1. The minimum Gasteiger partial charge on any atom is -0.352 e. The van der Waals surface area contributed by atoms with Gasteiger partial charge in [-0.2, -0.15) is 0 Å². The zero-order chi connectivity index (χ0) is 19.0. The van der Waals surface area contributed by atoms with Crippen LogP contribution in [0.1, 0.15) is 50.7 Å². The SMILES string of the molecule is CC(C)CC(=O)N1CCC2(CC1)CC2CNC(=O)C1=Cc2cnccc2C1. The lowest BCUT2D eigenvalue weighted by Gasteiger charge is -2.33. The molecule has 1 unspecified atom stereocenters. The maximum Gasteiger partial charge on any atom is 0.247 e. The molecule has 0 radical (unpaired) electrons. The quantitative estimate of drug-likeness (QED) is 0.870. The fourth-order valence-electron chi connectivity index (χ4n) is 4.66. The van der Waals surface area contributed by atoms with Crippen molar-refractivity contribution in [2.24, 2.45) is 17.3 Å². The normalized spacial score (nSPS) is 22.6. The summed E-state index contributed by atoms with van der Waals surface area (Å²) in [5.74, 6) is 1.34. The number of pyridine rings is 1. The van der Waals surface area contributed by atoms with Gasteiger partial charge >= 0.3 is 0 Å². The number of carbonyl (C=O) groups is 2. The molecule has 2 aliphatic carbocycles. The van der Waals surface area contributed by atoms with Gasteiger partial charge in [0.15, 0.2) is 0 Å². The number of aromatic nitrogens is 1. The molecular weight excluding hydrogens is 338 g/mol. The maximum absolute atomic E-state index is 12.5. The van der Waals surface area contributed by atoms with Crippen molar-refractivity contribution in [3.8, 4) is 0 Å². The summed E-state index contributed by atoms with van der Waals surface area (Å²) in [5.41, 5.74) is 3.43. The zero-order valence-electron chi connectivity index (χ0n) is 16.3. The van der Waals surface area contributed by atoms with E-state index in [0.717, 1.165) is 43.6 Å². The van der Waals surface area contributed by atoms with Gasteiger partial charge in [0.05, 0.1) is 0 Å². The van der Waals surface area contributed by atoms with E-state index in [9.17, 15) is 9.59 Å². The Kier molecular flexibility index (Phi) is 4.79. The summed E-state index contributed by atoms with van der Waals surface area (Å²) < 4.78 is 0. The van der Waals surface area contributed by atoms with Crippen LogP contribution in [0.15, 0.2) is 24.0 Å². The van der Waals surface area contributed by atoms with Crippen LogP contribution in [0.4, 0.5) is 0 Å². The van der Waals surface area contributed by atoms with Crippen molar-refractivity contribution in [2.45, 2.75) is 46.0 Å². The van der Waals surface area contributed by atoms with Gasteiger partial charge in [-0.15, -0.1) is 0 Å². The molecule has 3 aliphatic rings. The molecule has 0 aromatic carbocycles. The first-order chi connectivity index (χ1) is 13.0. The van der Waals surface area contributed by atoms with Crippen LogP contribution >= 0.6 is 0 Å². The molecule has 5 nitrogen and oxygen atoms in total. The van der Waals surface area contributed by atoms with Gasteiger partial charge in [-0.1, -0.05) is 13.8 Å². The molecule has 2 heterocycles. The second kappa shape index (κ2) is 7.10. The van der Waals surface area contributed by atoms with Crippen molar-refractivity contribution >= 4 is 17.9 Å². The minimum atomic E-state index is 0.0535. The molecule has 1 spiro atoms. The highest BCUT2D eigenvalue weighted by atomic mass is 16.2. The number of piperidine rings is 1. The van der Waals surface area contributed by atoms with Gasteiger partial charge in [0.2, 0.25) is 11.8 Å². The first kappa shape index (κ1) is 18.2. The fraction of sp³-hybridized carbons (Fsp3) is 0.591. The van der Waals surface area contributed by atoms with Gasteiger partial charge in [-0.3, -0.25) is 14.6 Å². The molecule has 144 valence electrons. The molecule has 1 atom stereocenters. The first-order valence-electron chi connectivity index (χ1n) is 10.2. The van der Waals surface area contributed by atoms with E-state index in [0.29, 0.717) is 36.0 Å². The number of rotatable bonds is 5. The largest absolute Gasteiger partial charge is 0.352 e. The summed E-state index contributed by atoms with van der Waals surface area (Å²) in [5, 5.41) is 3.14. The molecule has 1 aromatic heterocycles. The Bertz CT molecular complexity index is 776. The molecule has 1 saturated carbocycles. The van der Waals surface area contributed by atoms with Gasteiger partial charge < -0.3 is 10.2 Å². The van der Waals surface area contributed by atoms with Crippen molar-refractivity contribution in [1.29, 1.82) is 0 Å². The van der Waals surface area contributed by atoms with Crippen LogP contribution < -0.4 is 5.32 Å². The number of hydrogen-bond acceptors (Lipinski definition) is 3. The van der Waals surface area contributed by atoms with Crippen molar-refractivity contribution in [2.75, 3.05) is 19.6 Å². The van der Waals surface area contributed by atoms with Crippen molar-refractivity contribution in [1.82, 2.24) is 15.2 Å². The Morgan fingerprint density at radius 3 is 2.81 bits per heavy atom. The number of hydrogen-bond donors (Lipinski definition) is 1. The number of likely N-dealkylation sites (tertiary alicyclic amines) is 1. The second-order valence-electron chi connectivity index (χ2n) is 8.87. The van der Waals surface area contributed by atoms with E-state index in [1.54, 1.807) is 6.20 Å². The summed E-state index contributed by atoms with van der Waals surface area (Å²) in [6.45, 7) is 6.70. The summed E-state index contributed by atoms with van der Waals surface area (Å²) in [4.78, 5) is 30.9. The molecule has 1 aliphatic heterocycles. The van der Waals surface area contributed by atoms with E-state index in [2.05, 4.69) is 24.1 Å². The van der Waals surface area contributed by atoms with E-state index in [4.69, 9.17) is 0 Å². The van der Waals surface area contributed by atoms with Crippen molar-refractivity contribution < 1.29 is 9.59 Å². The molecule has 2 fully saturated rings. The molecule has 1 saturated heterocycles. The van der Waals surface area contributed by atoms with Crippen molar-refractivity contribution in [3.05, 3.63) is 35.2 Å². The third-order valence-corrected chi connectivity index (χ3v) is 6.51. The summed E-state index contributed by atoms with van der Waals surface area (Å²) in [6.07, 6.45) is 10.3. The first-order valence-corrected chi connectivity index (χ1v) is 10.2. The molecule has 1 aromatic rings. The third kappa shape index (κ3) is 3.78. The van der Waals surface area contributed by atoms with Gasteiger partial charge in [0.1, 0.15) is 0 Å². The zero-order valence-corrected chi connectivity index (χ0v) is 16.3. The molecular formula is C22H29N3O2. The average Bonchev–Trinajstić information content (AvgIpc) is 3.12. The highest BCUT2D eigenvalue weighted by Gasteiger charge is 2.54. The highest BCUT2D eigenvalue weighted by molar-refractivity contribution is 6.00. The fourth-order valence-corrected chi connectivity index (χ4v) is 4.66. The second-order valence-corrected chi connectivity index (χ2v) is 8.87. The molecule has 0 bridgehead atoms. The average molecular weight is 367 g/mol. The Hall–Kier alpha value is -2.17. The lowest BCUT2D eigenvalue weighted by Crippen LogP contribution is -2.40.